The van der Waals surface area contributed by atoms with E-state index < -0.39 is 5.41 Å². The molecule has 0 unspecified atom stereocenters. The molecule has 1 aliphatic carbocycles. The van der Waals surface area contributed by atoms with Crippen LogP contribution in [0.4, 0.5) is 10.1 Å². The van der Waals surface area contributed by atoms with Crippen molar-refractivity contribution in [2.24, 2.45) is 0 Å². The molecule has 0 spiro atoms. The Hall–Kier alpha value is -3.02. The number of rotatable bonds is 4. The van der Waals surface area contributed by atoms with Crippen molar-refractivity contribution in [1.82, 2.24) is 9.88 Å². The third-order valence-corrected chi connectivity index (χ3v) is 6.31. The summed E-state index contributed by atoms with van der Waals surface area (Å²) < 4.78 is 19.0. The van der Waals surface area contributed by atoms with E-state index >= 15 is 0 Å². The van der Waals surface area contributed by atoms with Gasteiger partial charge in [0.05, 0.1) is 18.2 Å². The van der Waals surface area contributed by atoms with Crippen LogP contribution in [0.15, 0.2) is 48.7 Å². The zero-order valence-corrected chi connectivity index (χ0v) is 16.5. The van der Waals surface area contributed by atoms with Crippen LogP contribution in [0.3, 0.4) is 0 Å². The van der Waals surface area contributed by atoms with E-state index in [1.807, 2.05) is 29.3 Å². The maximum atomic E-state index is 13.5. The van der Waals surface area contributed by atoms with Crippen LogP contribution in [0.2, 0.25) is 0 Å². The number of aromatic nitrogens is 1. The molecular formula is C23H24FN3O2. The fourth-order valence-corrected chi connectivity index (χ4v) is 4.56. The number of fused-ring (bicyclic) bond motifs is 1. The summed E-state index contributed by atoms with van der Waals surface area (Å²) in [5, 5.41) is 0.949. The van der Waals surface area contributed by atoms with Crippen LogP contribution in [0, 0.1) is 5.82 Å². The first kappa shape index (κ1) is 18.0. The lowest BCUT2D eigenvalue weighted by Crippen LogP contribution is -2.51. The molecule has 29 heavy (non-hydrogen) atoms. The van der Waals surface area contributed by atoms with Crippen LogP contribution in [-0.2, 0) is 10.2 Å². The van der Waals surface area contributed by atoms with Crippen LogP contribution in [0.25, 0.3) is 10.9 Å². The second-order valence-corrected chi connectivity index (χ2v) is 7.93. The quantitative estimate of drug-likeness (QED) is 0.735. The number of anilines is 1. The number of methoxy groups -OCH3 is 1. The summed E-state index contributed by atoms with van der Waals surface area (Å²) in [7, 11) is 1.68. The normalized spacial score (nSPS) is 18.1. The molecule has 5 rings (SSSR count). The van der Waals surface area contributed by atoms with Crippen LogP contribution < -0.4 is 9.64 Å². The van der Waals surface area contributed by atoms with E-state index in [0.29, 0.717) is 13.1 Å². The highest BCUT2D eigenvalue weighted by Gasteiger charge is 2.54. The molecule has 2 aliphatic rings. The van der Waals surface area contributed by atoms with Crippen molar-refractivity contribution >= 4 is 22.5 Å². The topological polar surface area (TPSA) is 48.6 Å². The average Bonchev–Trinajstić information content (AvgIpc) is 3.46. The van der Waals surface area contributed by atoms with E-state index in [1.54, 1.807) is 13.2 Å². The van der Waals surface area contributed by atoms with Gasteiger partial charge in [-0.05, 0) is 48.7 Å². The molecule has 150 valence electrons. The standard InChI is InChI=1S/C23H24FN3O2/c1-29-21-5-3-2-4-20(21)26-10-12-27(13-11-26)22(28)23(8-9-23)18-15-25-19-14-16(24)6-7-17(18)19/h2-7,14-15,25H,8-13H2,1H3. The first-order chi connectivity index (χ1) is 14.1. The van der Waals surface area contributed by atoms with Gasteiger partial charge in [0.1, 0.15) is 11.6 Å². The Morgan fingerprint density at radius 3 is 2.59 bits per heavy atom. The Morgan fingerprint density at radius 1 is 1.10 bits per heavy atom. The minimum Gasteiger partial charge on any atom is -0.495 e. The van der Waals surface area contributed by atoms with Gasteiger partial charge in [0.2, 0.25) is 5.91 Å². The van der Waals surface area contributed by atoms with E-state index in [1.165, 1.54) is 12.1 Å². The number of H-pyrrole nitrogens is 1. The van der Waals surface area contributed by atoms with Gasteiger partial charge in [-0.2, -0.15) is 0 Å². The van der Waals surface area contributed by atoms with E-state index in [2.05, 4.69) is 16.0 Å². The number of ether oxygens (including phenoxy) is 1. The minimum atomic E-state index is -0.456. The first-order valence-electron chi connectivity index (χ1n) is 10.1. The lowest BCUT2D eigenvalue weighted by atomic mass is 9.93. The summed E-state index contributed by atoms with van der Waals surface area (Å²) in [5.41, 5.74) is 2.37. The number of carbonyl (C=O) groups excluding carboxylic acids is 1. The average molecular weight is 393 g/mol. The fraction of sp³-hybridized carbons (Fsp3) is 0.348. The van der Waals surface area contributed by atoms with Crippen LogP contribution >= 0.6 is 0 Å². The van der Waals surface area contributed by atoms with Gasteiger partial charge in [-0.25, -0.2) is 4.39 Å². The number of amides is 1. The molecule has 0 bridgehead atoms. The number of nitrogens with one attached hydrogen (secondary N) is 1. The number of piperazine rings is 1. The van der Waals surface area contributed by atoms with Crippen molar-refractivity contribution in [3.63, 3.8) is 0 Å². The molecule has 1 aromatic heterocycles. The number of carbonyl (C=O) groups is 1. The monoisotopic (exact) mass is 393 g/mol. The lowest BCUT2D eigenvalue weighted by molar-refractivity contribution is -0.134. The van der Waals surface area contributed by atoms with Gasteiger partial charge >= 0.3 is 0 Å². The second kappa shape index (κ2) is 6.79. The smallest absolute Gasteiger partial charge is 0.233 e. The number of aromatic amines is 1. The molecule has 0 radical (unpaired) electrons. The predicted octanol–water partition coefficient (Wildman–Crippen LogP) is 3.70. The zero-order valence-electron chi connectivity index (χ0n) is 16.5. The Kier molecular flexibility index (Phi) is 4.23. The third-order valence-electron chi connectivity index (χ3n) is 6.31. The summed E-state index contributed by atoms with van der Waals surface area (Å²) in [5.74, 6) is 0.786. The van der Waals surface area contributed by atoms with E-state index in [4.69, 9.17) is 4.74 Å². The van der Waals surface area contributed by atoms with Gasteiger partial charge in [-0.3, -0.25) is 4.79 Å². The number of benzene rings is 2. The molecule has 2 fully saturated rings. The third kappa shape index (κ3) is 2.94. The Balaban J connectivity index is 1.34. The Labute approximate surface area is 169 Å². The molecule has 1 saturated heterocycles. The van der Waals surface area contributed by atoms with E-state index in [9.17, 15) is 9.18 Å². The highest BCUT2D eigenvalue weighted by Crippen LogP contribution is 2.52. The maximum absolute atomic E-state index is 13.5. The summed E-state index contributed by atoms with van der Waals surface area (Å²) >= 11 is 0. The molecule has 2 aromatic carbocycles. The summed E-state index contributed by atoms with van der Waals surface area (Å²) in [6, 6.07) is 12.7. The molecule has 1 N–H and O–H groups in total. The van der Waals surface area contributed by atoms with E-state index in [-0.39, 0.29) is 11.7 Å². The van der Waals surface area contributed by atoms with Gasteiger partial charge in [-0.1, -0.05) is 12.1 Å². The summed E-state index contributed by atoms with van der Waals surface area (Å²) in [6.07, 6.45) is 3.59. The highest BCUT2D eigenvalue weighted by molar-refractivity contribution is 5.97. The lowest BCUT2D eigenvalue weighted by Gasteiger charge is -2.38. The van der Waals surface area contributed by atoms with Gasteiger partial charge in [-0.15, -0.1) is 0 Å². The van der Waals surface area contributed by atoms with Crippen LogP contribution in [0.1, 0.15) is 18.4 Å². The first-order valence-corrected chi connectivity index (χ1v) is 10.1. The zero-order chi connectivity index (χ0) is 20.0. The van der Waals surface area contributed by atoms with E-state index in [0.717, 1.165) is 53.8 Å². The molecule has 0 atom stereocenters. The number of halogens is 1. The SMILES string of the molecule is COc1ccccc1N1CCN(C(=O)C2(c3c[nH]c4cc(F)ccc34)CC2)CC1. The molecule has 2 heterocycles. The summed E-state index contributed by atoms with van der Waals surface area (Å²) in [4.78, 5) is 20.9. The van der Waals surface area contributed by atoms with Crippen molar-refractivity contribution in [2.75, 3.05) is 38.2 Å². The summed E-state index contributed by atoms with van der Waals surface area (Å²) in [6.45, 7) is 2.94. The molecular weight excluding hydrogens is 369 g/mol. The number of hydrogen-bond acceptors (Lipinski definition) is 3. The van der Waals surface area contributed by atoms with Crippen molar-refractivity contribution in [1.29, 1.82) is 0 Å². The van der Waals surface area contributed by atoms with Gasteiger partial charge in [0.25, 0.3) is 0 Å². The number of hydrogen-bond donors (Lipinski definition) is 1. The highest BCUT2D eigenvalue weighted by atomic mass is 19.1. The molecule has 6 heteroatoms. The predicted molar refractivity (Wildman–Crippen MR) is 111 cm³/mol. The molecule has 3 aromatic rings. The Bertz CT molecular complexity index is 1060. The van der Waals surface area contributed by atoms with Crippen LogP contribution in [0.5, 0.6) is 5.75 Å². The Morgan fingerprint density at radius 2 is 1.86 bits per heavy atom. The van der Waals surface area contributed by atoms with Crippen molar-refractivity contribution in [2.45, 2.75) is 18.3 Å². The van der Waals surface area contributed by atoms with Crippen LogP contribution in [-0.4, -0.2) is 49.1 Å². The fourth-order valence-electron chi connectivity index (χ4n) is 4.56. The maximum Gasteiger partial charge on any atom is 0.233 e. The molecule has 1 amide bonds. The number of nitrogens with zero attached hydrogens (tertiary/aromatic N) is 2. The van der Waals surface area contributed by atoms with Crippen molar-refractivity contribution in [3.8, 4) is 5.75 Å². The minimum absolute atomic E-state index is 0.197. The van der Waals surface area contributed by atoms with Crippen molar-refractivity contribution < 1.29 is 13.9 Å². The van der Waals surface area contributed by atoms with Gasteiger partial charge in [0.15, 0.2) is 0 Å². The number of para-hydroxylation sites is 2. The molecule has 1 saturated carbocycles. The molecule has 1 aliphatic heterocycles. The largest absolute Gasteiger partial charge is 0.495 e. The molecule has 5 nitrogen and oxygen atoms in total. The second-order valence-electron chi connectivity index (χ2n) is 7.93. The van der Waals surface area contributed by atoms with Gasteiger partial charge in [0, 0.05) is 43.3 Å². The van der Waals surface area contributed by atoms with Gasteiger partial charge < -0.3 is 19.5 Å². The van der Waals surface area contributed by atoms with Crippen molar-refractivity contribution in [3.05, 3.63) is 60.0 Å².